The van der Waals surface area contributed by atoms with Crippen molar-refractivity contribution in [3.8, 4) is 0 Å². The van der Waals surface area contributed by atoms with Crippen molar-refractivity contribution in [1.29, 1.82) is 0 Å². The van der Waals surface area contributed by atoms with Crippen molar-refractivity contribution in [1.82, 2.24) is 20.6 Å². The molecule has 1 aliphatic rings. The zero-order valence-electron chi connectivity index (χ0n) is 16.8. The first-order valence-electron chi connectivity index (χ1n) is 9.39. The number of aryl methyl sites for hydroxylation is 1. The van der Waals surface area contributed by atoms with Gasteiger partial charge in [0.15, 0.2) is 0 Å². The van der Waals surface area contributed by atoms with Crippen molar-refractivity contribution in [2.45, 2.75) is 52.4 Å². The molecule has 0 bridgehead atoms. The number of carbonyl (C=O) groups is 2. The molecule has 3 rings (SSSR count). The Kier molecular flexibility index (Phi) is 5.47. The van der Waals surface area contributed by atoms with Crippen LogP contribution in [-0.2, 0) is 9.53 Å². The van der Waals surface area contributed by atoms with Crippen LogP contribution < -0.4 is 10.6 Å². The first-order valence-corrected chi connectivity index (χ1v) is 9.39. The summed E-state index contributed by atoms with van der Waals surface area (Å²) in [5.74, 6) is -0.544. The molecule has 0 saturated carbocycles. The number of hydrogen-bond donors (Lipinski definition) is 2. The summed E-state index contributed by atoms with van der Waals surface area (Å²) in [4.78, 5) is 34.1. The van der Waals surface area contributed by atoms with Crippen LogP contribution in [-0.4, -0.2) is 27.4 Å². The quantitative estimate of drug-likeness (QED) is 0.773. The number of carbonyl (C=O) groups excluding carboxylic acids is 2. The fraction of sp³-hybridized carbons (Fsp3) is 0.429. The lowest BCUT2D eigenvalue weighted by molar-refractivity contribution is -0.125. The fourth-order valence-corrected chi connectivity index (χ4v) is 3.12. The number of nitrogens with zero attached hydrogens (tertiary/aromatic N) is 2. The molecule has 1 amide bonds. The Hall–Kier alpha value is -2.80. The molecule has 28 heavy (non-hydrogen) atoms. The smallest absolute Gasteiger partial charge is 0.340 e. The maximum Gasteiger partial charge on any atom is 0.340 e. The molecule has 1 aliphatic heterocycles. The van der Waals surface area contributed by atoms with E-state index in [0.717, 1.165) is 5.56 Å². The van der Waals surface area contributed by atoms with E-state index >= 15 is 0 Å². The van der Waals surface area contributed by atoms with Crippen LogP contribution in [0.2, 0.25) is 0 Å². The summed E-state index contributed by atoms with van der Waals surface area (Å²) in [6, 6.07) is 7.19. The Morgan fingerprint density at radius 2 is 2.00 bits per heavy atom. The summed E-state index contributed by atoms with van der Waals surface area (Å²) < 4.78 is 5.62. The van der Waals surface area contributed by atoms with Crippen molar-refractivity contribution in [3.63, 3.8) is 0 Å². The van der Waals surface area contributed by atoms with E-state index < -0.39 is 23.8 Å². The third-order valence-corrected chi connectivity index (χ3v) is 5.28. The second-order valence-electron chi connectivity index (χ2n) is 7.66. The van der Waals surface area contributed by atoms with Crippen molar-refractivity contribution in [3.05, 3.63) is 59.2 Å². The van der Waals surface area contributed by atoms with Crippen LogP contribution in [0, 0.1) is 12.8 Å². The lowest BCUT2D eigenvalue weighted by Gasteiger charge is -2.26. The van der Waals surface area contributed by atoms with Crippen LogP contribution >= 0.6 is 0 Å². The van der Waals surface area contributed by atoms with Gasteiger partial charge in [-0.25, -0.2) is 4.79 Å². The second kappa shape index (κ2) is 7.67. The van der Waals surface area contributed by atoms with Crippen LogP contribution in [0.5, 0.6) is 0 Å². The van der Waals surface area contributed by atoms with Gasteiger partial charge in [0.1, 0.15) is 12.3 Å². The molecule has 0 aliphatic carbocycles. The van der Waals surface area contributed by atoms with E-state index in [1.807, 2.05) is 33.8 Å². The number of ether oxygens (including phenoxy) is 1. The molecule has 7 nitrogen and oxygen atoms in total. The Bertz CT molecular complexity index is 884. The average Bonchev–Trinajstić information content (AvgIpc) is 2.98. The normalized spacial score (nSPS) is 22.8. The molecule has 2 N–H and O–H groups in total. The first kappa shape index (κ1) is 19.9. The predicted molar refractivity (Wildman–Crippen MR) is 104 cm³/mol. The number of amides is 1. The van der Waals surface area contributed by atoms with E-state index in [1.165, 1.54) is 0 Å². The van der Waals surface area contributed by atoms with Gasteiger partial charge in [-0.3, -0.25) is 20.1 Å². The number of esters is 1. The molecule has 2 aromatic heterocycles. The molecule has 0 spiro atoms. The average molecular weight is 382 g/mol. The Morgan fingerprint density at radius 1 is 1.25 bits per heavy atom. The van der Waals surface area contributed by atoms with E-state index in [4.69, 9.17) is 4.74 Å². The van der Waals surface area contributed by atoms with Gasteiger partial charge in [0.2, 0.25) is 5.91 Å². The van der Waals surface area contributed by atoms with Crippen LogP contribution in [0.3, 0.4) is 0 Å². The highest BCUT2D eigenvalue weighted by atomic mass is 16.5. The number of pyridine rings is 2. The Labute approximate surface area is 164 Å². The number of aromatic nitrogens is 2. The highest BCUT2D eigenvalue weighted by molar-refractivity contribution is 5.93. The van der Waals surface area contributed by atoms with Crippen molar-refractivity contribution >= 4 is 11.9 Å². The lowest BCUT2D eigenvalue weighted by Crippen LogP contribution is -2.48. The van der Waals surface area contributed by atoms with E-state index in [0.29, 0.717) is 17.0 Å². The van der Waals surface area contributed by atoms with Crippen LogP contribution in [0.1, 0.15) is 67.3 Å². The van der Waals surface area contributed by atoms with Gasteiger partial charge in [-0.2, -0.15) is 0 Å². The van der Waals surface area contributed by atoms with Gasteiger partial charge in [0.25, 0.3) is 0 Å². The topological polar surface area (TPSA) is 93.2 Å². The highest BCUT2D eigenvalue weighted by Gasteiger charge is 2.46. The SMILES string of the molecule is Cc1cnc(C2NC(=O)C(C)(C(C)C)N2)c(C(=O)OC(C)c2ccccn2)c1. The van der Waals surface area contributed by atoms with Gasteiger partial charge in [-0.1, -0.05) is 19.9 Å². The largest absolute Gasteiger partial charge is 0.453 e. The minimum absolute atomic E-state index is 0.0718. The molecular weight excluding hydrogens is 356 g/mol. The van der Waals surface area contributed by atoms with Crippen LogP contribution in [0.25, 0.3) is 0 Å². The zero-order valence-corrected chi connectivity index (χ0v) is 16.8. The molecule has 3 atom stereocenters. The standard InChI is InChI=1S/C21H26N4O3/c1-12(2)21(5)20(27)24-18(25-21)17-15(10-13(3)11-23-17)19(26)28-14(4)16-8-6-7-9-22-16/h6-12,14,18,25H,1-5H3,(H,24,27). The van der Waals surface area contributed by atoms with E-state index in [9.17, 15) is 9.59 Å². The minimum atomic E-state index is -0.736. The van der Waals surface area contributed by atoms with E-state index in [1.54, 1.807) is 37.5 Å². The third-order valence-electron chi connectivity index (χ3n) is 5.28. The minimum Gasteiger partial charge on any atom is -0.453 e. The number of nitrogens with one attached hydrogen (secondary N) is 2. The molecule has 2 aromatic rings. The molecular formula is C21H26N4O3. The summed E-state index contributed by atoms with van der Waals surface area (Å²) in [6.07, 6.45) is 2.26. The summed E-state index contributed by atoms with van der Waals surface area (Å²) in [7, 11) is 0. The maximum absolute atomic E-state index is 12.9. The first-order chi connectivity index (χ1) is 13.2. The van der Waals surface area contributed by atoms with Gasteiger partial charge in [0, 0.05) is 12.4 Å². The molecule has 1 saturated heterocycles. The van der Waals surface area contributed by atoms with Gasteiger partial charge in [-0.15, -0.1) is 0 Å². The van der Waals surface area contributed by atoms with E-state index in [2.05, 4.69) is 20.6 Å². The summed E-state index contributed by atoms with van der Waals surface area (Å²) in [5.41, 5.74) is 1.53. The maximum atomic E-state index is 12.9. The summed E-state index contributed by atoms with van der Waals surface area (Å²) >= 11 is 0. The number of hydrogen-bond acceptors (Lipinski definition) is 6. The predicted octanol–water partition coefficient (Wildman–Crippen LogP) is 2.84. The zero-order chi connectivity index (χ0) is 20.5. The molecule has 1 fully saturated rings. The van der Waals surface area contributed by atoms with Gasteiger partial charge in [-0.05, 0) is 50.5 Å². The molecule has 3 heterocycles. The van der Waals surface area contributed by atoms with Gasteiger partial charge in [0.05, 0.1) is 22.5 Å². The lowest BCUT2D eigenvalue weighted by atomic mass is 9.89. The van der Waals surface area contributed by atoms with Gasteiger partial charge < -0.3 is 10.1 Å². The monoisotopic (exact) mass is 382 g/mol. The molecule has 3 unspecified atom stereocenters. The summed E-state index contributed by atoms with van der Waals surface area (Å²) in [5, 5.41) is 6.20. The van der Waals surface area contributed by atoms with Crippen LogP contribution in [0.4, 0.5) is 0 Å². The Balaban J connectivity index is 1.87. The molecule has 7 heteroatoms. The van der Waals surface area contributed by atoms with Gasteiger partial charge >= 0.3 is 5.97 Å². The van der Waals surface area contributed by atoms with Crippen LogP contribution in [0.15, 0.2) is 36.7 Å². The molecule has 0 aromatic carbocycles. The fourth-order valence-electron chi connectivity index (χ4n) is 3.12. The highest BCUT2D eigenvalue weighted by Crippen LogP contribution is 2.29. The second-order valence-corrected chi connectivity index (χ2v) is 7.66. The Morgan fingerprint density at radius 3 is 2.61 bits per heavy atom. The van der Waals surface area contributed by atoms with E-state index in [-0.39, 0.29) is 11.8 Å². The van der Waals surface area contributed by atoms with Crippen molar-refractivity contribution in [2.75, 3.05) is 0 Å². The number of rotatable bonds is 5. The molecule has 0 radical (unpaired) electrons. The summed E-state index contributed by atoms with van der Waals surface area (Å²) in [6.45, 7) is 9.42. The van der Waals surface area contributed by atoms with Crippen molar-refractivity contribution < 1.29 is 14.3 Å². The van der Waals surface area contributed by atoms with Crippen molar-refractivity contribution in [2.24, 2.45) is 5.92 Å². The third kappa shape index (κ3) is 3.75. The molecule has 148 valence electrons.